The number of ether oxygens (including phenoxy) is 1. The molecule has 5 nitrogen and oxygen atoms in total. The van der Waals surface area contributed by atoms with Gasteiger partial charge in [0.15, 0.2) is 0 Å². The standard InChI is InChI=1S/C26H41N3O2/c1-7-28(8-2)17-18-31-25-19-23(22-11-9-10-12-24(22)27-25)26(30)29(15-13-20(3)4)16-14-21(5)6/h9-12,19-21H,7-8,13-18H2,1-6H3. The molecular formula is C26H41N3O2. The summed E-state index contributed by atoms with van der Waals surface area (Å²) in [5, 5.41) is 0.891. The second-order valence-electron chi connectivity index (χ2n) is 9.06. The number of carbonyl (C=O) groups is 1. The molecule has 1 aromatic heterocycles. The van der Waals surface area contributed by atoms with E-state index in [1.54, 1.807) is 0 Å². The topological polar surface area (TPSA) is 45.7 Å². The summed E-state index contributed by atoms with van der Waals surface area (Å²) in [6, 6.07) is 9.70. The van der Waals surface area contributed by atoms with Crippen molar-refractivity contribution in [3.8, 4) is 5.88 Å². The van der Waals surface area contributed by atoms with Crippen LogP contribution in [-0.4, -0.2) is 60.0 Å². The van der Waals surface area contributed by atoms with Crippen LogP contribution in [0.25, 0.3) is 10.9 Å². The molecule has 172 valence electrons. The second-order valence-corrected chi connectivity index (χ2v) is 9.06. The van der Waals surface area contributed by atoms with E-state index in [9.17, 15) is 4.79 Å². The Labute approximate surface area is 188 Å². The minimum absolute atomic E-state index is 0.0773. The molecule has 1 heterocycles. The van der Waals surface area contributed by atoms with Crippen LogP contribution < -0.4 is 4.74 Å². The number of para-hydroxylation sites is 1. The van der Waals surface area contributed by atoms with Crippen molar-refractivity contribution in [2.24, 2.45) is 11.8 Å². The summed E-state index contributed by atoms with van der Waals surface area (Å²) >= 11 is 0. The van der Waals surface area contributed by atoms with Crippen LogP contribution >= 0.6 is 0 Å². The fourth-order valence-electron chi connectivity index (χ4n) is 3.53. The molecule has 0 aliphatic heterocycles. The number of hydrogen-bond acceptors (Lipinski definition) is 4. The van der Waals surface area contributed by atoms with E-state index in [4.69, 9.17) is 4.74 Å². The normalized spacial score (nSPS) is 11.6. The number of aromatic nitrogens is 1. The zero-order valence-electron chi connectivity index (χ0n) is 20.4. The lowest BCUT2D eigenvalue weighted by Crippen LogP contribution is -2.34. The molecule has 0 saturated carbocycles. The van der Waals surface area contributed by atoms with Crippen molar-refractivity contribution in [3.63, 3.8) is 0 Å². The average Bonchev–Trinajstić information content (AvgIpc) is 2.75. The predicted octanol–water partition coefficient (Wildman–Crippen LogP) is 5.49. The molecule has 0 unspecified atom stereocenters. The van der Waals surface area contributed by atoms with Crippen molar-refractivity contribution in [2.75, 3.05) is 39.3 Å². The summed E-state index contributed by atoms with van der Waals surface area (Å²) < 4.78 is 5.99. The maximum absolute atomic E-state index is 13.6. The van der Waals surface area contributed by atoms with Crippen LogP contribution in [0.4, 0.5) is 0 Å². The van der Waals surface area contributed by atoms with E-state index in [0.29, 0.717) is 29.9 Å². The van der Waals surface area contributed by atoms with Gasteiger partial charge in [-0.15, -0.1) is 0 Å². The molecule has 0 saturated heterocycles. The lowest BCUT2D eigenvalue weighted by molar-refractivity contribution is 0.0742. The number of fused-ring (bicyclic) bond motifs is 1. The molecule has 0 atom stereocenters. The van der Waals surface area contributed by atoms with Gasteiger partial charge in [-0.3, -0.25) is 4.79 Å². The van der Waals surface area contributed by atoms with Gasteiger partial charge in [-0.05, 0) is 43.8 Å². The summed E-state index contributed by atoms with van der Waals surface area (Å²) in [6.45, 7) is 18.1. The van der Waals surface area contributed by atoms with E-state index >= 15 is 0 Å². The lowest BCUT2D eigenvalue weighted by atomic mass is 10.0. The highest BCUT2D eigenvalue weighted by atomic mass is 16.5. The maximum Gasteiger partial charge on any atom is 0.254 e. The first-order chi connectivity index (χ1) is 14.8. The summed E-state index contributed by atoms with van der Waals surface area (Å²) in [4.78, 5) is 22.6. The Morgan fingerprint density at radius 3 is 2.16 bits per heavy atom. The van der Waals surface area contributed by atoms with Gasteiger partial charge in [0.05, 0.1) is 11.1 Å². The minimum atomic E-state index is 0.0773. The summed E-state index contributed by atoms with van der Waals surface area (Å²) in [7, 11) is 0. The molecule has 0 radical (unpaired) electrons. The molecule has 0 aliphatic rings. The molecule has 0 N–H and O–H groups in total. The molecule has 0 aliphatic carbocycles. The molecule has 5 heteroatoms. The van der Waals surface area contributed by atoms with Crippen molar-refractivity contribution in [3.05, 3.63) is 35.9 Å². The largest absolute Gasteiger partial charge is 0.476 e. The molecule has 1 aromatic carbocycles. The molecule has 0 fully saturated rings. The quantitative estimate of drug-likeness (QED) is 0.424. The third-order valence-corrected chi connectivity index (χ3v) is 5.71. The van der Waals surface area contributed by atoms with Crippen molar-refractivity contribution in [1.82, 2.24) is 14.8 Å². The average molecular weight is 428 g/mol. The number of amides is 1. The van der Waals surface area contributed by atoms with Crippen LogP contribution in [-0.2, 0) is 0 Å². The zero-order chi connectivity index (χ0) is 22.8. The maximum atomic E-state index is 13.6. The van der Waals surface area contributed by atoms with Crippen LogP contribution in [0.2, 0.25) is 0 Å². The first kappa shape index (κ1) is 25.1. The molecule has 31 heavy (non-hydrogen) atoms. The van der Waals surface area contributed by atoms with Gasteiger partial charge in [0.2, 0.25) is 5.88 Å². The van der Waals surface area contributed by atoms with Crippen molar-refractivity contribution in [1.29, 1.82) is 0 Å². The number of benzene rings is 1. The second kappa shape index (κ2) is 12.7. The number of nitrogens with zero attached hydrogens (tertiary/aromatic N) is 3. The van der Waals surface area contributed by atoms with Gasteiger partial charge < -0.3 is 14.5 Å². The first-order valence-electron chi connectivity index (χ1n) is 11.9. The highest BCUT2D eigenvalue weighted by Crippen LogP contribution is 2.24. The number of pyridine rings is 1. The number of hydrogen-bond donors (Lipinski definition) is 0. The Bertz CT molecular complexity index is 803. The van der Waals surface area contributed by atoms with Gasteiger partial charge in [0.25, 0.3) is 5.91 Å². The monoisotopic (exact) mass is 427 g/mol. The van der Waals surface area contributed by atoms with E-state index in [2.05, 4.69) is 51.4 Å². The third-order valence-electron chi connectivity index (χ3n) is 5.71. The van der Waals surface area contributed by atoms with Gasteiger partial charge in [-0.2, -0.15) is 0 Å². The Hall–Kier alpha value is -2.14. The van der Waals surface area contributed by atoms with Gasteiger partial charge in [-0.25, -0.2) is 4.98 Å². The Kier molecular flexibility index (Phi) is 10.3. The third kappa shape index (κ3) is 7.80. The highest BCUT2D eigenvalue weighted by molar-refractivity contribution is 6.06. The first-order valence-corrected chi connectivity index (χ1v) is 11.9. The van der Waals surface area contributed by atoms with Crippen LogP contribution in [0.15, 0.2) is 30.3 Å². The molecule has 0 bridgehead atoms. The van der Waals surface area contributed by atoms with Gasteiger partial charge >= 0.3 is 0 Å². The molecule has 0 spiro atoms. The van der Waals surface area contributed by atoms with Crippen LogP contribution in [0.1, 0.15) is 64.7 Å². The summed E-state index contributed by atoms with van der Waals surface area (Å²) in [6.07, 6.45) is 2.00. The lowest BCUT2D eigenvalue weighted by Gasteiger charge is -2.25. The summed E-state index contributed by atoms with van der Waals surface area (Å²) in [5.74, 6) is 1.72. The summed E-state index contributed by atoms with van der Waals surface area (Å²) in [5.41, 5.74) is 1.50. The zero-order valence-corrected chi connectivity index (χ0v) is 20.4. The number of rotatable bonds is 13. The highest BCUT2D eigenvalue weighted by Gasteiger charge is 2.20. The van der Waals surface area contributed by atoms with Crippen molar-refractivity contribution < 1.29 is 9.53 Å². The van der Waals surface area contributed by atoms with Crippen LogP contribution in [0, 0.1) is 11.8 Å². The van der Waals surface area contributed by atoms with Crippen LogP contribution in [0.3, 0.4) is 0 Å². The Morgan fingerprint density at radius 1 is 0.968 bits per heavy atom. The Balaban J connectivity index is 2.29. The predicted molar refractivity (Wildman–Crippen MR) is 130 cm³/mol. The number of likely N-dealkylation sites (N-methyl/N-ethyl adjacent to an activating group) is 1. The van der Waals surface area contributed by atoms with E-state index in [0.717, 1.165) is 56.5 Å². The SMILES string of the molecule is CCN(CC)CCOc1cc(C(=O)N(CCC(C)C)CCC(C)C)c2ccccc2n1. The molecular weight excluding hydrogens is 386 g/mol. The van der Waals surface area contributed by atoms with E-state index in [1.165, 1.54) is 0 Å². The number of carbonyl (C=O) groups excluding carboxylic acids is 1. The van der Waals surface area contributed by atoms with E-state index in [-0.39, 0.29) is 5.91 Å². The fraction of sp³-hybridized carbons (Fsp3) is 0.615. The van der Waals surface area contributed by atoms with Gasteiger partial charge in [0.1, 0.15) is 6.61 Å². The minimum Gasteiger partial charge on any atom is -0.476 e. The molecule has 1 amide bonds. The molecule has 2 rings (SSSR count). The molecule has 2 aromatic rings. The smallest absolute Gasteiger partial charge is 0.254 e. The van der Waals surface area contributed by atoms with E-state index < -0.39 is 0 Å². The van der Waals surface area contributed by atoms with Crippen molar-refractivity contribution >= 4 is 16.8 Å². The fourth-order valence-corrected chi connectivity index (χ4v) is 3.53. The van der Waals surface area contributed by atoms with Gasteiger partial charge in [0, 0.05) is 31.1 Å². The van der Waals surface area contributed by atoms with Crippen molar-refractivity contribution in [2.45, 2.75) is 54.4 Å². The Morgan fingerprint density at radius 2 is 1.58 bits per heavy atom. The van der Waals surface area contributed by atoms with Crippen LogP contribution in [0.5, 0.6) is 5.88 Å². The van der Waals surface area contributed by atoms with E-state index in [1.807, 2.05) is 35.2 Å². The van der Waals surface area contributed by atoms with Gasteiger partial charge in [-0.1, -0.05) is 59.7 Å².